The van der Waals surface area contributed by atoms with Gasteiger partial charge in [0.05, 0.1) is 12.2 Å². The van der Waals surface area contributed by atoms with Gasteiger partial charge in [-0.3, -0.25) is 0 Å². The summed E-state index contributed by atoms with van der Waals surface area (Å²) in [6.45, 7) is 19.6. The molecule has 0 aromatic heterocycles. The highest BCUT2D eigenvalue weighted by molar-refractivity contribution is 6.61. The molecule has 0 saturated carbocycles. The monoisotopic (exact) mass is 454 g/mol. The Balaban J connectivity index is 4.68. The predicted molar refractivity (Wildman–Crippen MR) is 120 cm³/mol. The first-order chi connectivity index (χ1) is 13.9. The third-order valence-corrected chi connectivity index (χ3v) is 10.5. The van der Waals surface area contributed by atoms with Gasteiger partial charge in [-0.1, -0.05) is 0 Å². The van der Waals surface area contributed by atoms with Crippen molar-refractivity contribution in [2.24, 2.45) is 0 Å². The van der Waals surface area contributed by atoms with Crippen LogP contribution >= 0.6 is 0 Å². The Morgan fingerprint density at radius 2 is 0.724 bits per heavy atom. The molecule has 29 heavy (non-hydrogen) atoms. The van der Waals surface area contributed by atoms with Gasteiger partial charge in [0.1, 0.15) is 0 Å². The molecule has 0 aliphatic carbocycles. The molecule has 0 saturated heterocycles. The molecule has 2 atom stereocenters. The Hall–Kier alpha value is 0.154. The fourth-order valence-electron chi connectivity index (χ4n) is 3.30. The quantitative estimate of drug-likeness (QED) is 0.248. The summed E-state index contributed by atoms with van der Waals surface area (Å²) in [7, 11) is -5.25. The summed E-state index contributed by atoms with van der Waals surface area (Å²) in [5, 5.41) is 0. The lowest BCUT2D eigenvalue weighted by molar-refractivity contribution is -0.00475. The third kappa shape index (κ3) is 11.9. The SMILES string of the molecule is CCO[Si](CCC(C)OC(C)CC[Si](OCC)(OCC)OCC)(OCC)OCC. The van der Waals surface area contributed by atoms with Crippen molar-refractivity contribution in [1.29, 1.82) is 0 Å². The second-order valence-corrected chi connectivity index (χ2v) is 12.3. The summed E-state index contributed by atoms with van der Waals surface area (Å²) in [6.07, 6.45) is 1.84. The number of hydrogen-bond donors (Lipinski definition) is 0. The Kier molecular flexibility index (Phi) is 16.9. The summed E-state index contributed by atoms with van der Waals surface area (Å²) >= 11 is 0. The van der Waals surface area contributed by atoms with E-state index in [1.807, 2.05) is 41.5 Å². The molecule has 0 radical (unpaired) electrons. The average molecular weight is 455 g/mol. The molecule has 176 valence electrons. The van der Waals surface area contributed by atoms with Crippen LogP contribution in [0.5, 0.6) is 0 Å². The fraction of sp³-hybridized carbons (Fsp3) is 1.00. The first kappa shape index (κ1) is 29.2. The molecule has 9 heteroatoms. The zero-order valence-corrected chi connectivity index (χ0v) is 22.1. The Labute approximate surface area is 181 Å². The fourth-order valence-corrected chi connectivity index (χ4v) is 8.82. The van der Waals surface area contributed by atoms with E-state index in [1.54, 1.807) is 0 Å². The molecule has 0 rings (SSSR count). The minimum absolute atomic E-state index is 0.0839. The van der Waals surface area contributed by atoms with Gasteiger partial charge in [-0.2, -0.15) is 0 Å². The van der Waals surface area contributed by atoms with E-state index < -0.39 is 17.6 Å². The van der Waals surface area contributed by atoms with E-state index in [-0.39, 0.29) is 12.2 Å². The van der Waals surface area contributed by atoms with Gasteiger partial charge in [0.15, 0.2) is 0 Å². The van der Waals surface area contributed by atoms with Crippen LogP contribution in [0.2, 0.25) is 12.1 Å². The molecule has 0 aliphatic heterocycles. The van der Waals surface area contributed by atoms with Gasteiger partial charge in [0.2, 0.25) is 0 Å². The standard InChI is InChI=1S/C20H46O7Si2/c1-9-21-28(22-10-2,23-11-3)17-15-19(7)27-20(8)16-18-29(24-12-4,25-13-5)26-14-6/h19-20H,9-18H2,1-8H3. The topological polar surface area (TPSA) is 64.6 Å². The zero-order chi connectivity index (χ0) is 22.2. The third-order valence-electron chi connectivity index (χ3n) is 4.36. The van der Waals surface area contributed by atoms with Crippen molar-refractivity contribution in [3.05, 3.63) is 0 Å². The Morgan fingerprint density at radius 1 is 0.483 bits per heavy atom. The van der Waals surface area contributed by atoms with Crippen LogP contribution < -0.4 is 0 Å². The minimum Gasteiger partial charge on any atom is -0.376 e. The summed E-state index contributed by atoms with van der Waals surface area (Å²) in [4.78, 5) is 0. The van der Waals surface area contributed by atoms with Crippen molar-refractivity contribution < 1.29 is 31.3 Å². The van der Waals surface area contributed by atoms with Crippen LogP contribution in [0.25, 0.3) is 0 Å². The summed E-state index contributed by atoms with van der Waals surface area (Å²) in [5.74, 6) is 0. The maximum Gasteiger partial charge on any atom is 0.501 e. The highest BCUT2D eigenvalue weighted by atomic mass is 28.4. The summed E-state index contributed by atoms with van der Waals surface area (Å²) in [5.41, 5.74) is 0. The molecule has 0 aliphatic rings. The van der Waals surface area contributed by atoms with Gasteiger partial charge in [-0.25, -0.2) is 0 Å². The van der Waals surface area contributed by atoms with E-state index in [0.29, 0.717) is 39.6 Å². The van der Waals surface area contributed by atoms with E-state index in [4.69, 9.17) is 31.3 Å². The highest BCUT2D eigenvalue weighted by Gasteiger charge is 2.41. The minimum atomic E-state index is -2.62. The van der Waals surface area contributed by atoms with Gasteiger partial charge >= 0.3 is 17.6 Å². The first-order valence-electron chi connectivity index (χ1n) is 11.3. The molecule has 0 N–H and O–H groups in total. The van der Waals surface area contributed by atoms with Gasteiger partial charge in [-0.05, 0) is 68.2 Å². The van der Waals surface area contributed by atoms with Gasteiger partial charge in [0, 0.05) is 51.7 Å². The number of rotatable bonds is 20. The Bertz CT molecular complexity index is 320. The zero-order valence-electron chi connectivity index (χ0n) is 20.1. The van der Waals surface area contributed by atoms with Crippen molar-refractivity contribution >= 4 is 17.6 Å². The van der Waals surface area contributed by atoms with Crippen LogP contribution in [0.1, 0.15) is 68.2 Å². The molecule has 0 amide bonds. The molecule has 0 heterocycles. The maximum atomic E-state index is 6.22. The molecule has 0 aromatic carbocycles. The van der Waals surface area contributed by atoms with Crippen LogP contribution in [-0.2, 0) is 31.3 Å². The van der Waals surface area contributed by atoms with Crippen LogP contribution in [0.3, 0.4) is 0 Å². The van der Waals surface area contributed by atoms with E-state index in [2.05, 4.69) is 13.8 Å². The van der Waals surface area contributed by atoms with E-state index in [9.17, 15) is 0 Å². The van der Waals surface area contributed by atoms with E-state index >= 15 is 0 Å². The molecular weight excluding hydrogens is 408 g/mol. The number of ether oxygens (including phenoxy) is 1. The molecule has 0 fully saturated rings. The van der Waals surface area contributed by atoms with Crippen molar-refractivity contribution in [2.75, 3.05) is 39.6 Å². The lowest BCUT2D eigenvalue weighted by Crippen LogP contribution is -2.47. The van der Waals surface area contributed by atoms with Crippen molar-refractivity contribution in [1.82, 2.24) is 0 Å². The van der Waals surface area contributed by atoms with E-state index in [0.717, 1.165) is 24.9 Å². The van der Waals surface area contributed by atoms with Crippen LogP contribution in [0, 0.1) is 0 Å². The van der Waals surface area contributed by atoms with Crippen LogP contribution in [0.4, 0.5) is 0 Å². The molecule has 0 bridgehead atoms. The highest BCUT2D eigenvalue weighted by Crippen LogP contribution is 2.23. The molecule has 7 nitrogen and oxygen atoms in total. The summed E-state index contributed by atoms with van der Waals surface area (Å²) < 4.78 is 41.8. The predicted octanol–water partition coefficient (Wildman–Crippen LogP) is 4.66. The summed E-state index contributed by atoms with van der Waals surface area (Å²) in [6, 6.07) is 1.51. The molecule has 0 aromatic rings. The maximum absolute atomic E-state index is 6.22. The van der Waals surface area contributed by atoms with Gasteiger partial charge < -0.3 is 31.3 Å². The lowest BCUT2D eigenvalue weighted by Gasteiger charge is -2.31. The van der Waals surface area contributed by atoms with Gasteiger partial charge in [0.25, 0.3) is 0 Å². The van der Waals surface area contributed by atoms with E-state index in [1.165, 1.54) is 0 Å². The second-order valence-electron chi connectivity index (χ2n) is 6.80. The Morgan fingerprint density at radius 3 is 0.931 bits per heavy atom. The van der Waals surface area contributed by atoms with Crippen molar-refractivity contribution in [2.45, 2.75) is 92.5 Å². The first-order valence-corrected chi connectivity index (χ1v) is 15.2. The normalized spacial score (nSPS) is 14.9. The number of hydrogen-bond acceptors (Lipinski definition) is 7. The molecule has 2 unspecified atom stereocenters. The molecule has 0 spiro atoms. The second kappa shape index (κ2) is 16.8. The largest absolute Gasteiger partial charge is 0.501 e. The average Bonchev–Trinajstić information content (AvgIpc) is 2.66. The van der Waals surface area contributed by atoms with Crippen molar-refractivity contribution in [3.63, 3.8) is 0 Å². The van der Waals surface area contributed by atoms with Crippen molar-refractivity contribution in [3.8, 4) is 0 Å². The smallest absolute Gasteiger partial charge is 0.376 e. The van der Waals surface area contributed by atoms with Gasteiger partial charge in [-0.15, -0.1) is 0 Å². The van der Waals surface area contributed by atoms with Crippen LogP contribution in [-0.4, -0.2) is 69.5 Å². The molecular formula is C20H46O7Si2. The van der Waals surface area contributed by atoms with Crippen LogP contribution in [0.15, 0.2) is 0 Å². The lowest BCUT2D eigenvalue weighted by atomic mass is 10.2.